The Morgan fingerprint density at radius 2 is 2.20 bits per heavy atom. The van der Waals surface area contributed by atoms with E-state index >= 15 is 0 Å². The molecule has 0 spiro atoms. The predicted molar refractivity (Wildman–Crippen MR) is 65.5 cm³/mol. The fourth-order valence-electron chi connectivity index (χ4n) is 1.23. The Labute approximate surface area is 99.9 Å². The lowest BCUT2D eigenvalue weighted by molar-refractivity contribution is 1.08. The minimum absolute atomic E-state index is 0.134. The Kier molecular flexibility index (Phi) is 2.81. The number of halogens is 1. The number of H-pyrrole nitrogens is 1. The van der Waals surface area contributed by atoms with Gasteiger partial charge < -0.3 is 4.98 Å². The molecule has 1 N–H and O–H groups in total. The number of nitrogens with one attached hydrogen (secondary N) is 1. The van der Waals surface area contributed by atoms with Crippen LogP contribution in [0.2, 0.25) is 0 Å². The summed E-state index contributed by atoms with van der Waals surface area (Å²) in [4.78, 5) is 22.4. The molecule has 15 heavy (non-hydrogen) atoms. The summed E-state index contributed by atoms with van der Waals surface area (Å²) in [6.45, 7) is 1.93. The maximum atomic E-state index is 11.4. The van der Waals surface area contributed by atoms with Crippen LogP contribution in [0.1, 0.15) is 5.56 Å². The van der Waals surface area contributed by atoms with E-state index in [4.69, 9.17) is 0 Å². The maximum absolute atomic E-state index is 11.4. The third kappa shape index (κ3) is 2.06. The largest absolute Gasteiger partial charge is 0.304 e. The molecule has 0 amide bonds. The molecule has 2 rings (SSSR count). The average Bonchev–Trinajstić information content (AvgIpc) is 2.23. The lowest BCUT2D eigenvalue weighted by atomic mass is 10.2. The minimum Gasteiger partial charge on any atom is -0.304 e. The summed E-state index contributed by atoms with van der Waals surface area (Å²) < 4.78 is 0.574. The molecule has 2 heterocycles. The Balaban J connectivity index is 2.60. The van der Waals surface area contributed by atoms with Gasteiger partial charge in [-0.1, -0.05) is 6.07 Å². The van der Waals surface area contributed by atoms with Gasteiger partial charge in [0.25, 0.3) is 5.56 Å². The Hall–Kier alpha value is -1.24. The van der Waals surface area contributed by atoms with E-state index in [2.05, 4.69) is 15.0 Å². The molecule has 4 nitrogen and oxygen atoms in total. The molecule has 0 fully saturated rings. The van der Waals surface area contributed by atoms with E-state index in [0.29, 0.717) is 15.1 Å². The molecule has 0 aliphatic rings. The SMILES string of the molecule is Cc1cccnc1-c1ncc(I)c(=O)[nH]1. The molecule has 0 saturated carbocycles. The topological polar surface area (TPSA) is 58.6 Å². The van der Waals surface area contributed by atoms with Crippen molar-refractivity contribution in [1.82, 2.24) is 15.0 Å². The van der Waals surface area contributed by atoms with E-state index in [-0.39, 0.29) is 5.56 Å². The number of hydrogen-bond donors (Lipinski definition) is 1. The van der Waals surface area contributed by atoms with Crippen LogP contribution in [-0.2, 0) is 0 Å². The number of rotatable bonds is 1. The fourth-order valence-corrected chi connectivity index (χ4v) is 1.51. The lowest BCUT2D eigenvalue weighted by Gasteiger charge is -2.02. The molecule has 2 aromatic heterocycles. The van der Waals surface area contributed by atoms with Gasteiger partial charge in [0.1, 0.15) is 5.69 Å². The molecule has 0 aromatic carbocycles. The van der Waals surface area contributed by atoms with Crippen molar-refractivity contribution >= 4 is 22.6 Å². The highest BCUT2D eigenvalue weighted by atomic mass is 127. The molecule has 2 aromatic rings. The van der Waals surface area contributed by atoms with Crippen LogP contribution in [0, 0.1) is 10.5 Å². The van der Waals surface area contributed by atoms with Gasteiger partial charge in [0.05, 0.1) is 3.57 Å². The fraction of sp³-hybridized carbons (Fsp3) is 0.100. The highest BCUT2D eigenvalue weighted by molar-refractivity contribution is 14.1. The van der Waals surface area contributed by atoms with Crippen LogP contribution in [0.5, 0.6) is 0 Å². The first-order valence-corrected chi connectivity index (χ1v) is 5.43. The Morgan fingerprint density at radius 1 is 1.40 bits per heavy atom. The molecule has 0 saturated heterocycles. The van der Waals surface area contributed by atoms with Crippen molar-refractivity contribution < 1.29 is 0 Å². The molecule has 0 aliphatic carbocycles. The van der Waals surface area contributed by atoms with Crippen molar-refractivity contribution in [2.75, 3.05) is 0 Å². The number of aromatic nitrogens is 3. The van der Waals surface area contributed by atoms with E-state index in [1.165, 1.54) is 0 Å². The summed E-state index contributed by atoms with van der Waals surface area (Å²) >= 11 is 1.94. The van der Waals surface area contributed by atoms with Crippen molar-refractivity contribution in [3.63, 3.8) is 0 Å². The first-order valence-electron chi connectivity index (χ1n) is 4.35. The van der Waals surface area contributed by atoms with Gasteiger partial charge in [-0.05, 0) is 41.1 Å². The van der Waals surface area contributed by atoms with Gasteiger partial charge in [0.2, 0.25) is 0 Å². The molecular formula is C10H8IN3O. The lowest BCUT2D eigenvalue weighted by Crippen LogP contribution is -2.12. The standard InChI is InChI=1S/C10H8IN3O/c1-6-3-2-4-12-8(6)9-13-5-7(11)10(15)14-9/h2-5H,1H3,(H,13,14,15). The van der Waals surface area contributed by atoms with Crippen LogP contribution in [0.15, 0.2) is 29.3 Å². The Morgan fingerprint density at radius 3 is 2.87 bits per heavy atom. The molecular weight excluding hydrogens is 305 g/mol. The number of nitrogens with zero attached hydrogens (tertiary/aromatic N) is 2. The van der Waals surface area contributed by atoms with Crippen LogP contribution in [0.3, 0.4) is 0 Å². The molecule has 0 atom stereocenters. The van der Waals surface area contributed by atoms with Gasteiger partial charge in [-0.15, -0.1) is 0 Å². The molecule has 76 valence electrons. The van der Waals surface area contributed by atoms with E-state index in [0.717, 1.165) is 5.56 Å². The zero-order valence-electron chi connectivity index (χ0n) is 7.99. The van der Waals surface area contributed by atoms with Crippen molar-refractivity contribution in [3.8, 4) is 11.5 Å². The zero-order chi connectivity index (χ0) is 10.8. The summed E-state index contributed by atoms with van der Waals surface area (Å²) in [6, 6.07) is 3.78. The van der Waals surface area contributed by atoms with Crippen molar-refractivity contribution in [2.45, 2.75) is 6.92 Å². The first-order chi connectivity index (χ1) is 7.18. The maximum Gasteiger partial charge on any atom is 0.264 e. The van der Waals surface area contributed by atoms with Crippen LogP contribution >= 0.6 is 22.6 Å². The van der Waals surface area contributed by atoms with Gasteiger partial charge in [0, 0.05) is 12.4 Å². The number of hydrogen-bond acceptors (Lipinski definition) is 3. The predicted octanol–water partition coefficient (Wildman–Crippen LogP) is 1.74. The van der Waals surface area contributed by atoms with Gasteiger partial charge >= 0.3 is 0 Å². The third-order valence-corrected chi connectivity index (χ3v) is 2.76. The second kappa shape index (κ2) is 4.09. The summed E-state index contributed by atoms with van der Waals surface area (Å²) in [5.41, 5.74) is 1.57. The number of aromatic amines is 1. The van der Waals surface area contributed by atoms with Gasteiger partial charge in [-0.2, -0.15) is 0 Å². The van der Waals surface area contributed by atoms with Gasteiger partial charge in [-0.3, -0.25) is 9.78 Å². The van der Waals surface area contributed by atoms with E-state index in [1.54, 1.807) is 12.4 Å². The van der Waals surface area contributed by atoms with Crippen LogP contribution in [-0.4, -0.2) is 15.0 Å². The average molecular weight is 313 g/mol. The number of pyridine rings is 1. The molecule has 0 unspecified atom stereocenters. The monoisotopic (exact) mass is 313 g/mol. The highest BCUT2D eigenvalue weighted by Crippen LogP contribution is 2.14. The zero-order valence-corrected chi connectivity index (χ0v) is 10.1. The summed E-state index contributed by atoms with van der Waals surface area (Å²) in [7, 11) is 0. The normalized spacial score (nSPS) is 10.3. The van der Waals surface area contributed by atoms with Crippen molar-refractivity contribution in [1.29, 1.82) is 0 Å². The number of aryl methyl sites for hydroxylation is 1. The smallest absolute Gasteiger partial charge is 0.264 e. The van der Waals surface area contributed by atoms with Crippen LogP contribution in [0.4, 0.5) is 0 Å². The van der Waals surface area contributed by atoms with E-state index in [1.807, 2.05) is 41.6 Å². The van der Waals surface area contributed by atoms with Gasteiger partial charge in [-0.25, -0.2) is 4.98 Å². The highest BCUT2D eigenvalue weighted by Gasteiger charge is 2.06. The second-order valence-electron chi connectivity index (χ2n) is 3.08. The quantitative estimate of drug-likeness (QED) is 0.816. The summed E-state index contributed by atoms with van der Waals surface area (Å²) in [5, 5.41) is 0. The summed E-state index contributed by atoms with van der Waals surface area (Å²) in [5.74, 6) is 0.513. The van der Waals surface area contributed by atoms with E-state index < -0.39 is 0 Å². The third-order valence-electron chi connectivity index (χ3n) is 1.99. The van der Waals surface area contributed by atoms with E-state index in [9.17, 15) is 4.79 Å². The van der Waals surface area contributed by atoms with Crippen LogP contribution < -0.4 is 5.56 Å². The molecule has 5 heteroatoms. The Bertz CT molecular complexity index is 550. The molecule has 0 bridgehead atoms. The van der Waals surface area contributed by atoms with Gasteiger partial charge in [0.15, 0.2) is 5.82 Å². The van der Waals surface area contributed by atoms with Crippen molar-refractivity contribution in [3.05, 3.63) is 44.0 Å². The van der Waals surface area contributed by atoms with Crippen LogP contribution in [0.25, 0.3) is 11.5 Å². The first kappa shape index (κ1) is 10.3. The molecule has 0 aliphatic heterocycles. The summed E-state index contributed by atoms with van der Waals surface area (Å²) in [6.07, 6.45) is 3.23. The van der Waals surface area contributed by atoms with Crippen molar-refractivity contribution in [2.24, 2.45) is 0 Å². The second-order valence-corrected chi connectivity index (χ2v) is 4.24. The molecule has 0 radical (unpaired) electrons. The minimum atomic E-state index is -0.134.